The van der Waals surface area contributed by atoms with Gasteiger partial charge in [-0.3, -0.25) is 4.90 Å². The van der Waals surface area contributed by atoms with Gasteiger partial charge < -0.3 is 0 Å². The van der Waals surface area contributed by atoms with Gasteiger partial charge in [0.15, 0.2) is 0 Å². The normalized spacial score (nSPS) is 11.0. The Labute approximate surface area is 114 Å². The highest BCUT2D eigenvalue weighted by Crippen LogP contribution is 2.19. The van der Waals surface area contributed by atoms with Crippen LogP contribution in [-0.4, -0.2) is 23.9 Å². The Kier molecular flexibility index (Phi) is 4.80. The quantitative estimate of drug-likeness (QED) is 0.558. The number of halogens is 1. The van der Waals surface area contributed by atoms with Gasteiger partial charge in [0.25, 0.3) is 0 Å². The lowest BCUT2D eigenvalue weighted by molar-refractivity contribution is 0.314. The van der Waals surface area contributed by atoms with Gasteiger partial charge in [-0.15, -0.1) is 18.2 Å². The zero-order chi connectivity index (χ0) is 12.8. The van der Waals surface area contributed by atoms with E-state index in [1.807, 2.05) is 6.08 Å². The van der Waals surface area contributed by atoms with Crippen LogP contribution in [0.2, 0.25) is 0 Å². The molecule has 0 amide bonds. The molecule has 0 bridgehead atoms. The second-order valence-corrected chi connectivity index (χ2v) is 4.73. The highest BCUT2D eigenvalue weighted by atomic mass is 35.5. The average molecular weight is 260 g/mol. The lowest BCUT2D eigenvalue weighted by Gasteiger charge is -2.20. The summed E-state index contributed by atoms with van der Waals surface area (Å²) >= 11 is 5.84. The molecule has 0 heterocycles. The SMILES string of the molecule is C=CCN(CCCl)Cc1cccc2ccccc12. The van der Waals surface area contributed by atoms with Crippen LogP contribution in [0.1, 0.15) is 5.56 Å². The van der Waals surface area contributed by atoms with E-state index in [4.69, 9.17) is 11.6 Å². The molecule has 0 aliphatic rings. The van der Waals surface area contributed by atoms with Crippen LogP contribution in [0.25, 0.3) is 10.8 Å². The number of alkyl halides is 1. The number of fused-ring (bicyclic) bond motifs is 1. The largest absolute Gasteiger partial charge is 0.294 e. The van der Waals surface area contributed by atoms with Gasteiger partial charge in [-0.05, 0) is 16.3 Å². The van der Waals surface area contributed by atoms with Crippen LogP contribution in [0.4, 0.5) is 0 Å². The van der Waals surface area contributed by atoms with Crippen LogP contribution in [0.5, 0.6) is 0 Å². The van der Waals surface area contributed by atoms with Gasteiger partial charge in [-0.1, -0.05) is 48.5 Å². The minimum absolute atomic E-state index is 0.651. The third-order valence-corrected chi connectivity index (χ3v) is 3.23. The van der Waals surface area contributed by atoms with E-state index >= 15 is 0 Å². The average Bonchev–Trinajstić information content (AvgIpc) is 2.40. The van der Waals surface area contributed by atoms with Crippen molar-refractivity contribution >= 4 is 22.4 Å². The Morgan fingerprint density at radius 2 is 1.89 bits per heavy atom. The first-order chi connectivity index (χ1) is 8.85. The zero-order valence-electron chi connectivity index (χ0n) is 10.5. The molecule has 2 heteroatoms. The van der Waals surface area contributed by atoms with Crippen LogP contribution >= 0.6 is 11.6 Å². The van der Waals surface area contributed by atoms with Gasteiger partial charge >= 0.3 is 0 Å². The summed E-state index contributed by atoms with van der Waals surface area (Å²) in [6.07, 6.45) is 1.93. The van der Waals surface area contributed by atoms with E-state index < -0.39 is 0 Å². The highest BCUT2D eigenvalue weighted by molar-refractivity contribution is 6.18. The number of benzene rings is 2. The Hall–Kier alpha value is -1.31. The Morgan fingerprint density at radius 1 is 1.11 bits per heavy atom. The predicted octanol–water partition coefficient (Wildman–Crippen LogP) is 4.07. The van der Waals surface area contributed by atoms with Gasteiger partial charge in [0.1, 0.15) is 0 Å². The second-order valence-electron chi connectivity index (χ2n) is 4.35. The summed E-state index contributed by atoms with van der Waals surface area (Å²) in [5.41, 5.74) is 1.35. The maximum Gasteiger partial charge on any atom is 0.0351 e. The van der Waals surface area contributed by atoms with Crippen LogP contribution in [-0.2, 0) is 6.54 Å². The van der Waals surface area contributed by atoms with Gasteiger partial charge in [0.05, 0.1) is 0 Å². The van der Waals surface area contributed by atoms with Crippen LogP contribution < -0.4 is 0 Å². The van der Waals surface area contributed by atoms with Crippen LogP contribution in [0.3, 0.4) is 0 Å². The highest BCUT2D eigenvalue weighted by Gasteiger charge is 2.06. The fraction of sp³-hybridized carbons (Fsp3) is 0.250. The molecule has 94 valence electrons. The maximum atomic E-state index is 5.84. The molecular formula is C16H18ClN. The van der Waals surface area contributed by atoms with Crippen molar-refractivity contribution in [1.29, 1.82) is 0 Å². The first-order valence-electron chi connectivity index (χ1n) is 6.21. The molecule has 0 aromatic heterocycles. The van der Waals surface area contributed by atoms with E-state index in [0.29, 0.717) is 5.88 Å². The van der Waals surface area contributed by atoms with Crippen molar-refractivity contribution in [3.05, 3.63) is 60.7 Å². The predicted molar refractivity (Wildman–Crippen MR) is 80.1 cm³/mol. The summed E-state index contributed by atoms with van der Waals surface area (Å²) in [4.78, 5) is 2.31. The van der Waals surface area contributed by atoms with E-state index in [-0.39, 0.29) is 0 Å². The molecule has 0 N–H and O–H groups in total. The fourth-order valence-electron chi connectivity index (χ4n) is 2.21. The summed E-state index contributed by atoms with van der Waals surface area (Å²) < 4.78 is 0. The Balaban J connectivity index is 2.27. The van der Waals surface area contributed by atoms with Crippen LogP contribution in [0, 0.1) is 0 Å². The van der Waals surface area contributed by atoms with E-state index in [0.717, 1.165) is 19.6 Å². The number of hydrogen-bond donors (Lipinski definition) is 0. The van der Waals surface area contributed by atoms with Gasteiger partial charge in [-0.2, -0.15) is 0 Å². The summed E-state index contributed by atoms with van der Waals surface area (Å²) in [7, 11) is 0. The van der Waals surface area contributed by atoms with Gasteiger partial charge in [-0.25, -0.2) is 0 Å². The molecule has 1 nitrogen and oxygen atoms in total. The summed E-state index contributed by atoms with van der Waals surface area (Å²) in [5, 5.41) is 2.61. The maximum absolute atomic E-state index is 5.84. The second kappa shape index (κ2) is 6.58. The molecule has 0 radical (unpaired) electrons. The van der Waals surface area contributed by atoms with Crippen molar-refractivity contribution in [2.45, 2.75) is 6.54 Å². The molecule has 0 fully saturated rings. The molecule has 2 aromatic rings. The topological polar surface area (TPSA) is 3.24 Å². The Bertz CT molecular complexity index is 516. The molecule has 0 saturated carbocycles. The molecule has 2 rings (SSSR count). The first kappa shape index (κ1) is 13.1. The zero-order valence-corrected chi connectivity index (χ0v) is 11.2. The number of nitrogens with zero attached hydrogens (tertiary/aromatic N) is 1. The molecule has 18 heavy (non-hydrogen) atoms. The third-order valence-electron chi connectivity index (χ3n) is 3.06. The first-order valence-corrected chi connectivity index (χ1v) is 6.74. The number of hydrogen-bond acceptors (Lipinski definition) is 1. The lowest BCUT2D eigenvalue weighted by Crippen LogP contribution is -2.25. The van der Waals surface area contributed by atoms with Crippen LogP contribution in [0.15, 0.2) is 55.1 Å². The fourth-order valence-corrected chi connectivity index (χ4v) is 2.45. The van der Waals surface area contributed by atoms with E-state index in [9.17, 15) is 0 Å². The molecule has 0 aliphatic heterocycles. The van der Waals surface area contributed by atoms with E-state index in [2.05, 4.69) is 53.9 Å². The van der Waals surface area contributed by atoms with Crippen molar-refractivity contribution in [1.82, 2.24) is 4.90 Å². The van der Waals surface area contributed by atoms with Crippen molar-refractivity contribution in [2.24, 2.45) is 0 Å². The molecule has 2 aromatic carbocycles. The van der Waals surface area contributed by atoms with Gasteiger partial charge in [0, 0.05) is 25.5 Å². The van der Waals surface area contributed by atoms with Gasteiger partial charge in [0.2, 0.25) is 0 Å². The number of rotatable bonds is 6. The monoisotopic (exact) mass is 259 g/mol. The summed E-state index contributed by atoms with van der Waals surface area (Å²) in [6, 6.07) is 14.9. The smallest absolute Gasteiger partial charge is 0.0351 e. The molecule has 0 aliphatic carbocycles. The summed E-state index contributed by atoms with van der Waals surface area (Å²) in [6.45, 7) is 6.48. The summed E-state index contributed by atoms with van der Waals surface area (Å²) in [5.74, 6) is 0.651. The van der Waals surface area contributed by atoms with Crippen molar-refractivity contribution in [3.63, 3.8) is 0 Å². The molecule has 0 unspecified atom stereocenters. The van der Waals surface area contributed by atoms with Crippen molar-refractivity contribution in [3.8, 4) is 0 Å². The van der Waals surface area contributed by atoms with Crippen molar-refractivity contribution in [2.75, 3.05) is 19.0 Å². The standard InChI is InChI=1S/C16H18ClN/c1-2-11-18(12-10-17)13-15-8-5-7-14-6-3-4-9-16(14)15/h2-9H,1,10-13H2. The minimum Gasteiger partial charge on any atom is -0.294 e. The van der Waals surface area contributed by atoms with E-state index in [1.54, 1.807) is 0 Å². The Morgan fingerprint density at radius 3 is 2.67 bits per heavy atom. The van der Waals surface area contributed by atoms with Crippen molar-refractivity contribution < 1.29 is 0 Å². The third kappa shape index (κ3) is 3.12. The molecule has 0 spiro atoms. The molecular weight excluding hydrogens is 242 g/mol. The molecule has 0 saturated heterocycles. The lowest BCUT2D eigenvalue weighted by atomic mass is 10.0. The van der Waals surface area contributed by atoms with E-state index in [1.165, 1.54) is 16.3 Å². The minimum atomic E-state index is 0.651. The molecule has 0 atom stereocenters.